The van der Waals surface area contributed by atoms with E-state index in [0.29, 0.717) is 0 Å². The van der Waals surface area contributed by atoms with Crippen LogP contribution in [0.1, 0.15) is 33.1 Å². The van der Waals surface area contributed by atoms with Gasteiger partial charge < -0.3 is 9.80 Å². The quantitative estimate of drug-likeness (QED) is 0.702. The number of piperazine rings is 1. The number of halogens is 1. The highest BCUT2D eigenvalue weighted by Gasteiger charge is 2.31. The first-order valence-electron chi connectivity index (χ1n) is 10.1. The van der Waals surface area contributed by atoms with Crippen LogP contribution in [-0.4, -0.2) is 37.0 Å². The van der Waals surface area contributed by atoms with Gasteiger partial charge >= 0.3 is 0 Å². The summed E-state index contributed by atoms with van der Waals surface area (Å²) in [6.45, 7) is 5.40. The zero-order chi connectivity index (χ0) is 20.2. The lowest BCUT2D eigenvalue weighted by Gasteiger charge is -2.37. The number of amides is 1. The topological polar surface area (TPSA) is 24.8 Å². The fraction of sp³-hybridized carbons (Fsp3) is 0.240. The molecule has 1 aliphatic heterocycles. The van der Waals surface area contributed by atoms with Crippen LogP contribution in [-0.2, 0) is 0 Å². The van der Waals surface area contributed by atoms with E-state index in [9.17, 15) is 4.79 Å². The predicted molar refractivity (Wildman–Crippen MR) is 118 cm³/mol. The van der Waals surface area contributed by atoms with Crippen molar-refractivity contribution in [2.45, 2.75) is 13.0 Å². The summed E-state index contributed by atoms with van der Waals surface area (Å²) in [7, 11) is 0. The first-order valence-corrected chi connectivity index (χ1v) is 10.5. The zero-order valence-electron chi connectivity index (χ0n) is 16.6. The number of hydrogen-bond acceptors (Lipinski definition) is 1. The predicted octanol–water partition coefficient (Wildman–Crippen LogP) is 3.78. The molecule has 4 rings (SSSR count). The largest absolute Gasteiger partial charge is 0.327 e. The lowest BCUT2D eigenvalue weighted by atomic mass is 9.96. The number of carbonyl (C=O) groups excluding carboxylic acids is 1. The zero-order valence-corrected chi connectivity index (χ0v) is 17.4. The molecule has 4 heteroatoms. The molecule has 3 nitrogen and oxygen atoms in total. The molecule has 1 aliphatic rings. The minimum atomic E-state index is 0.131. The Hall–Kier alpha value is -2.62. The number of carbonyl (C=O) groups is 1. The Kier molecular flexibility index (Phi) is 5.98. The van der Waals surface area contributed by atoms with Gasteiger partial charge in [-0.15, -0.1) is 0 Å². The number of nitrogens with one attached hydrogen (secondary N) is 1. The van der Waals surface area contributed by atoms with Crippen LogP contribution in [0.5, 0.6) is 0 Å². The highest BCUT2D eigenvalue weighted by atomic mass is 35.5. The average molecular weight is 406 g/mol. The van der Waals surface area contributed by atoms with Gasteiger partial charge in [0.15, 0.2) is 0 Å². The molecule has 3 aromatic rings. The Labute approximate surface area is 177 Å². The van der Waals surface area contributed by atoms with Crippen LogP contribution >= 0.6 is 11.6 Å². The SMILES string of the molecule is Cc1ccc(C(=O)N2CC[NH+]([C@@H](c3ccccc3)c3ccc(Cl)cc3)CC2)cc1. The summed E-state index contributed by atoms with van der Waals surface area (Å²) in [5.74, 6) is 0.131. The van der Waals surface area contributed by atoms with Gasteiger partial charge in [-0.05, 0) is 31.2 Å². The second-order valence-electron chi connectivity index (χ2n) is 7.71. The third-order valence-electron chi connectivity index (χ3n) is 5.74. The van der Waals surface area contributed by atoms with Crippen molar-refractivity contribution >= 4 is 17.5 Å². The van der Waals surface area contributed by atoms with Gasteiger partial charge in [0, 0.05) is 21.7 Å². The molecule has 148 valence electrons. The molecule has 0 unspecified atom stereocenters. The van der Waals surface area contributed by atoms with Gasteiger partial charge in [-0.3, -0.25) is 4.79 Å². The van der Waals surface area contributed by atoms with Gasteiger partial charge in [0.25, 0.3) is 5.91 Å². The van der Waals surface area contributed by atoms with E-state index in [4.69, 9.17) is 11.6 Å². The summed E-state index contributed by atoms with van der Waals surface area (Å²) in [5.41, 5.74) is 4.50. The van der Waals surface area contributed by atoms with Gasteiger partial charge in [-0.1, -0.05) is 71.8 Å². The molecular formula is C25H26ClN2O+. The minimum Gasteiger partial charge on any atom is -0.327 e. The number of nitrogens with zero attached hydrogens (tertiary/aromatic N) is 1. The maximum absolute atomic E-state index is 12.9. The molecule has 1 amide bonds. The number of hydrogen-bond donors (Lipinski definition) is 1. The monoisotopic (exact) mass is 405 g/mol. The van der Waals surface area contributed by atoms with Crippen molar-refractivity contribution in [3.8, 4) is 0 Å². The normalized spacial score (nSPS) is 15.9. The van der Waals surface area contributed by atoms with Crippen LogP contribution in [0.4, 0.5) is 0 Å². The number of quaternary nitrogens is 1. The van der Waals surface area contributed by atoms with Crippen molar-refractivity contribution in [1.82, 2.24) is 4.90 Å². The standard InChI is InChI=1S/C25H25ClN2O/c1-19-7-9-22(10-8-19)25(29)28-17-15-27(16-18-28)24(20-5-3-2-4-6-20)21-11-13-23(26)14-12-21/h2-14,24H,15-18H2,1H3/p+1/t24-/m0/s1. The van der Waals surface area contributed by atoms with E-state index < -0.39 is 0 Å². The van der Waals surface area contributed by atoms with E-state index in [0.717, 1.165) is 36.8 Å². The molecule has 0 aromatic heterocycles. The molecule has 1 saturated heterocycles. The molecule has 1 atom stereocenters. The van der Waals surface area contributed by atoms with Crippen LogP contribution in [0, 0.1) is 6.92 Å². The molecule has 0 aliphatic carbocycles. The first-order chi connectivity index (χ1) is 14.1. The number of aryl methyl sites for hydroxylation is 1. The third-order valence-corrected chi connectivity index (χ3v) is 5.99. The van der Waals surface area contributed by atoms with Gasteiger partial charge in [-0.25, -0.2) is 0 Å². The Balaban J connectivity index is 1.51. The first kappa shape index (κ1) is 19.7. The van der Waals surface area contributed by atoms with E-state index in [2.05, 4.69) is 42.5 Å². The molecule has 0 saturated carbocycles. The maximum atomic E-state index is 12.9. The Morgan fingerprint density at radius 1 is 0.862 bits per heavy atom. The molecule has 3 aromatic carbocycles. The molecule has 0 bridgehead atoms. The van der Waals surface area contributed by atoms with Crippen LogP contribution < -0.4 is 4.90 Å². The van der Waals surface area contributed by atoms with E-state index in [1.807, 2.05) is 48.2 Å². The molecule has 1 N–H and O–H groups in total. The van der Waals surface area contributed by atoms with E-state index in [1.54, 1.807) is 0 Å². The van der Waals surface area contributed by atoms with Crippen molar-refractivity contribution in [3.05, 3.63) is 106 Å². The summed E-state index contributed by atoms with van der Waals surface area (Å²) in [4.78, 5) is 16.3. The third kappa shape index (κ3) is 4.52. The smallest absolute Gasteiger partial charge is 0.254 e. The molecular weight excluding hydrogens is 380 g/mol. The van der Waals surface area contributed by atoms with Gasteiger partial charge in [-0.2, -0.15) is 0 Å². The average Bonchev–Trinajstić information content (AvgIpc) is 2.77. The second-order valence-corrected chi connectivity index (χ2v) is 8.15. The maximum Gasteiger partial charge on any atom is 0.254 e. The van der Waals surface area contributed by atoms with Crippen molar-refractivity contribution in [2.75, 3.05) is 26.2 Å². The minimum absolute atomic E-state index is 0.131. The van der Waals surface area contributed by atoms with Crippen LogP contribution in [0.25, 0.3) is 0 Å². The van der Waals surface area contributed by atoms with Gasteiger partial charge in [0.1, 0.15) is 6.04 Å². The molecule has 1 heterocycles. The molecule has 29 heavy (non-hydrogen) atoms. The highest BCUT2D eigenvalue weighted by molar-refractivity contribution is 6.30. The van der Waals surface area contributed by atoms with Crippen LogP contribution in [0.2, 0.25) is 5.02 Å². The fourth-order valence-corrected chi connectivity index (χ4v) is 4.25. The summed E-state index contributed by atoms with van der Waals surface area (Å²) < 4.78 is 0. The Morgan fingerprint density at radius 3 is 2.07 bits per heavy atom. The van der Waals surface area contributed by atoms with Crippen molar-refractivity contribution in [3.63, 3.8) is 0 Å². The second kappa shape index (κ2) is 8.81. The molecule has 1 fully saturated rings. The summed E-state index contributed by atoms with van der Waals surface area (Å²) >= 11 is 6.12. The Bertz CT molecular complexity index is 946. The van der Waals surface area contributed by atoms with E-state index in [1.165, 1.54) is 21.6 Å². The molecule has 0 radical (unpaired) electrons. The lowest BCUT2D eigenvalue weighted by molar-refractivity contribution is -0.929. The summed E-state index contributed by atoms with van der Waals surface area (Å²) in [5, 5.41) is 0.754. The van der Waals surface area contributed by atoms with E-state index >= 15 is 0 Å². The summed E-state index contributed by atoms with van der Waals surface area (Å²) in [6, 6.07) is 26.9. The van der Waals surface area contributed by atoms with E-state index in [-0.39, 0.29) is 11.9 Å². The van der Waals surface area contributed by atoms with Gasteiger partial charge in [0.05, 0.1) is 26.2 Å². The van der Waals surface area contributed by atoms with Crippen LogP contribution in [0.15, 0.2) is 78.9 Å². The van der Waals surface area contributed by atoms with Crippen molar-refractivity contribution in [2.24, 2.45) is 0 Å². The Morgan fingerprint density at radius 2 is 1.45 bits per heavy atom. The number of rotatable bonds is 4. The number of benzene rings is 3. The fourth-order valence-electron chi connectivity index (χ4n) is 4.13. The van der Waals surface area contributed by atoms with Crippen molar-refractivity contribution < 1.29 is 9.69 Å². The van der Waals surface area contributed by atoms with Gasteiger partial charge in [0.2, 0.25) is 0 Å². The molecule has 0 spiro atoms. The van der Waals surface area contributed by atoms with Crippen molar-refractivity contribution in [1.29, 1.82) is 0 Å². The van der Waals surface area contributed by atoms with Crippen LogP contribution in [0.3, 0.4) is 0 Å². The summed E-state index contributed by atoms with van der Waals surface area (Å²) in [6.07, 6.45) is 0. The lowest BCUT2D eigenvalue weighted by Crippen LogP contribution is -3.15. The highest BCUT2D eigenvalue weighted by Crippen LogP contribution is 2.21.